The predicted molar refractivity (Wildman–Crippen MR) is 165 cm³/mol. The Labute approximate surface area is 251 Å². The predicted octanol–water partition coefficient (Wildman–Crippen LogP) is 4.50. The number of halogens is 1. The van der Waals surface area contributed by atoms with Crippen molar-refractivity contribution in [3.05, 3.63) is 55.6 Å². The van der Waals surface area contributed by atoms with E-state index >= 15 is 0 Å². The molecule has 1 spiro atoms. The van der Waals surface area contributed by atoms with Gasteiger partial charge in [-0.1, -0.05) is 66.5 Å². The van der Waals surface area contributed by atoms with Crippen molar-refractivity contribution in [1.29, 1.82) is 0 Å². The van der Waals surface area contributed by atoms with Crippen LogP contribution < -0.4 is 4.90 Å². The highest BCUT2D eigenvalue weighted by Gasteiger charge is 2.76. The lowest BCUT2D eigenvalue weighted by molar-refractivity contribution is -0.147. The number of rotatable bonds is 12. The lowest BCUT2D eigenvalue weighted by Gasteiger charge is -2.42. The van der Waals surface area contributed by atoms with Crippen LogP contribution in [0, 0.1) is 17.8 Å². The Morgan fingerprint density at radius 1 is 1.18 bits per heavy atom. The minimum absolute atomic E-state index is 0.0240. The number of carbonyl (C=O) groups is 3. The molecule has 3 aliphatic rings. The fourth-order valence-electron chi connectivity index (χ4n) is 6.89. The molecule has 218 valence electrons. The van der Waals surface area contributed by atoms with Crippen LogP contribution in [-0.2, 0) is 14.4 Å². The number of aliphatic hydroxyl groups is 1. The maximum absolute atomic E-state index is 14.6. The Bertz CT molecular complexity index is 1130. The zero-order valence-corrected chi connectivity index (χ0v) is 26.3. The van der Waals surface area contributed by atoms with Gasteiger partial charge in [-0.15, -0.1) is 24.9 Å². The molecule has 0 aliphatic carbocycles. The van der Waals surface area contributed by atoms with E-state index in [4.69, 9.17) is 0 Å². The van der Waals surface area contributed by atoms with E-state index in [1.807, 2.05) is 58.0 Å². The highest BCUT2D eigenvalue weighted by Crippen LogP contribution is 2.68. The Morgan fingerprint density at radius 2 is 1.82 bits per heavy atom. The van der Waals surface area contributed by atoms with Crippen LogP contribution >= 0.6 is 27.7 Å². The topological polar surface area (TPSA) is 81.2 Å². The molecule has 3 aliphatic heterocycles. The fourth-order valence-corrected chi connectivity index (χ4v) is 10.5. The zero-order chi connectivity index (χ0) is 29.4. The number of likely N-dealkylation sites (tertiary alicyclic amines) is 1. The van der Waals surface area contributed by atoms with Crippen molar-refractivity contribution in [1.82, 2.24) is 9.80 Å². The molecule has 7 nitrogen and oxygen atoms in total. The smallest absolute Gasteiger partial charge is 0.247 e. The number of para-hydroxylation sites is 1. The summed E-state index contributed by atoms with van der Waals surface area (Å²) in [6, 6.07) is 8.05. The number of benzene rings is 1. The van der Waals surface area contributed by atoms with Crippen molar-refractivity contribution < 1.29 is 19.5 Å². The third-order valence-electron chi connectivity index (χ3n) is 8.97. The molecule has 4 rings (SSSR count). The number of hydrogen-bond donors (Lipinski definition) is 1. The standard InChI is InChI=1S/C31H42BrN3O4S/c1-7-15-33(19(4)5)30(39)27-31-17-22(32)26(40-31)24(25(31)29(38)35(27)23(18-36)20(6)9-3)28(37)34(16-8-2)21-13-11-10-12-14-21/h7-8,10-14,19-20,22-27,36H,1-2,9,15-18H2,3-6H3/t20-,22?,23-,24-,25-,26-,27?,31?/m0/s1. The second-order valence-corrected chi connectivity index (χ2v) is 14.2. The molecule has 3 heterocycles. The SMILES string of the molecule is C=CCN(C(=O)[C@H]1[C@H]2C(=O)N([C@@H](CO)[C@@H](C)CC)C(C(=O)N(CC=C)C(C)C)C23CC(Br)[C@@H]1S3)c1ccccc1. The third kappa shape index (κ3) is 4.96. The van der Waals surface area contributed by atoms with Gasteiger partial charge in [0.2, 0.25) is 17.7 Å². The number of carbonyl (C=O) groups excluding carboxylic acids is 3. The lowest BCUT2D eigenvalue weighted by atomic mass is 9.70. The first-order valence-corrected chi connectivity index (χ1v) is 16.0. The Hall–Kier alpha value is -2.10. The number of amides is 3. The van der Waals surface area contributed by atoms with Gasteiger partial charge in [-0.05, 0) is 38.3 Å². The number of anilines is 1. The van der Waals surface area contributed by atoms with Crippen LogP contribution in [0.25, 0.3) is 0 Å². The van der Waals surface area contributed by atoms with Crippen LogP contribution in [0.5, 0.6) is 0 Å². The molecule has 3 saturated heterocycles. The summed E-state index contributed by atoms with van der Waals surface area (Å²) in [4.78, 5) is 48.6. The molecule has 3 fully saturated rings. The number of hydrogen-bond acceptors (Lipinski definition) is 5. The van der Waals surface area contributed by atoms with E-state index < -0.39 is 28.7 Å². The van der Waals surface area contributed by atoms with Crippen molar-refractivity contribution in [2.45, 2.75) is 73.5 Å². The van der Waals surface area contributed by atoms with Gasteiger partial charge in [-0.25, -0.2) is 0 Å². The van der Waals surface area contributed by atoms with Crippen LogP contribution in [0.2, 0.25) is 0 Å². The van der Waals surface area contributed by atoms with Crippen molar-refractivity contribution in [3.8, 4) is 0 Å². The summed E-state index contributed by atoms with van der Waals surface area (Å²) in [7, 11) is 0. The number of aliphatic hydroxyl groups excluding tert-OH is 1. The van der Waals surface area contributed by atoms with Crippen molar-refractivity contribution in [3.63, 3.8) is 0 Å². The van der Waals surface area contributed by atoms with E-state index in [0.717, 1.165) is 12.1 Å². The second kappa shape index (κ2) is 12.4. The molecular formula is C31H42BrN3O4S. The molecule has 1 aromatic rings. The normalized spacial score (nSPS) is 30.2. The van der Waals surface area contributed by atoms with E-state index in [2.05, 4.69) is 29.1 Å². The summed E-state index contributed by atoms with van der Waals surface area (Å²) in [6.07, 6.45) is 4.75. The average molecular weight is 633 g/mol. The minimum Gasteiger partial charge on any atom is -0.394 e. The Kier molecular flexibility index (Phi) is 9.57. The summed E-state index contributed by atoms with van der Waals surface area (Å²) in [5.41, 5.74) is 0.750. The van der Waals surface area contributed by atoms with Gasteiger partial charge >= 0.3 is 0 Å². The summed E-state index contributed by atoms with van der Waals surface area (Å²) in [5, 5.41) is 10.4. The van der Waals surface area contributed by atoms with Gasteiger partial charge in [0.25, 0.3) is 0 Å². The second-order valence-electron chi connectivity index (χ2n) is 11.5. The average Bonchev–Trinajstić information content (AvgIpc) is 3.53. The van der Waals surface area contributed by atoms with Crippen LogP contribution in [0.15, 0.2) is 55.6 Å². The highest BCUT2D eigenvalue weighted by molar-refractivity contribution is 9.09. The number of fused-ring (bicyclic) bond motifs is 1. The van der Waals surface area contributed by atoms with Gasteiger partial charge in [0.1, 0.15) is 6.04 Å². The van der Waals surface area contributed by atoms with Crippen LogP contribution in [-0.4, -0.2) is 85.3 Å². The molecule has 2 bridgehead atoms. The number of thioether (sulfide) groups is 1. The molecule has 40 heavy (non-hydrogen) atoms. The first kappa shape index (κ1) is 30.8. The fraction of sp³-hybridized carbons (Fsp3) is 0.581. The van der Waals surface area contributed by atoms with E-state index in [1.165, 1.54) is 0 Å². The first-order chi connectivity index (χ1) is 19.1. The maximum atomic E-state index is 14.6. The van der Waals surface area contributed by atoms with Crippen LogP contribution in [0.1, 0.15) is 40.5 Å². The quantitative estimate of drug-likeness (QED) is 0.271. The molecule has 3 unspecified atom stereocenters. The van der Waals surface area contributed by atoms with E-state index in [9.17, 15) is 19.5 Å². The van der Waals surface area contributed by atoms with Crippen molar-refractivity contribution in [2.24, 2.45) is 17.8 Å². The van der Waals surface area contributed by atoms with E-state index in [1.54, 1.807) is 38.6 Å². The van der Waals surface area contributed by atoms with Crippen LogP contribution in [0.4, 0.5) is 5.69 Å². The summed E-state index contributed by atoms with van der Waals surface area (Å²) >= 11 is 5.48. The van der Waals surface area contributed by atoms with Crippen LogP contribution in [0.3, 0.4) is 0 Å². The summed E-state index contributed by atoms with van der Waals surface area (Å²) in [5.74, 6) is -1.76. The molecule has 1 aromatic carbocycles. The first-order valence-electron chi connectivity index (χ1n) is 14.2. The lowest BCUT2D eigenvalue weighted by Crippen LogP contribution is -2.59. The van der Waals surface area contributed by atoms with Gasteiger partial charge < -0.3 is 19.8 Å². The number of alkyl halides is 1. The maximum Gasteiger partial charge on any atom is 0.247 e. The minimum atomic E-state index is -0.782. The summed E-state index contributed by atoms with van der Waals surface area (Å²) < 4.78 is -0.779. The highest BCUT2D eigenvalue weighted by atomic mass is 79.9. The molecule has 0 aromatic heterocycles. The van der Waals surface area contributed by atoms with Gasteiger partial charge in [0.15, 0.2) is 0 Å². The largest absolute Gasteiger partial charge is 0.394 e. The Morgan fingerprint density at radius 3 is 2.38 bits per heavy atom. The number of nitrogens with zero attached hydrogens (tertiary/aromatic N) is 3. The summed E-state index contributed by atoms with van der Waals surface area (Å²) in [6.45, 7) is 16.1. The van der Waals surface area contributed by atoms with Crippen molar-refractivity contribution >= 4 is 51.1 Å². The molecule has 8 atom stereocenters. The molecule has 0 saturated carbocycles. The van der Waals surface area contributed by atoms with Crippen molar-refractivity contribution in [2.75, 3.05) is 24.6 Å². The zero-order valence-electron chi connectivity index (χ0n) is 23.9. The molecule has 0 radical (unpaired) electrons. The Balaban J connectivity index is 1.85. The van der Waals surface area contributed by atoms with Gasteiger partial charge in [0.05, 0.1) is 29.2 Å². The van der Waals surface area contributed by atoms with Gasteiger partial charge in [-0.2, -0.15) is 0 Å². The van der Waals surface area contributed by atoms with E-state index in [-0.39, 0.29) is 46.4 Å². The molecular weight excluding hydrogens is 590 g/mol. The molecule has 9 heteroatoms. The van der Waals surface area contributed by atoms with Gasteiger partial charge in [0, 0.05) is 34.9 Å². The van der Waals surface area contributed by atoms with Gasteiger partial charge in [-0.3, -0.25) is 14.4 Å². The monoisotopic (exact) mass is 631 g/mol. The molecule has 3 amide bonds. The molecule has 1 N–H and O–H groups in total. The third-order valence-corrected chi connectivity index (χ3v) is 12.2. The van der Waals surface area contributed by atoms with E-state index in [0.29, 0.717) is 19.5 Å².